The van der Waals surface area contributed by atoms with E-state index in [2.05, 4.69) is 10.3 Å². The molecule has 2 heterocycles. The summed E-state index contributed by atoms with van der Waals surface area (Å²) in [6.07, 6.45) is 4.89. The van der Waals surface area contributed by atoms with Crippen LogP contribution in [-0.4, -0.2) is 32.8 Å². The number of carbonyl (C=O) groups is 1. The van der Waals surface area contributed by atoms with Crippen molar-refractivity contribution < 1.29 is 9.32 Å². The van der Waals surface area contributed by atoms with Crippen LogP contribution in [0.2, 0.25) is 0 Å². The molecule has 24 heavy (non-hydrogen) atoms. The molecule has 0 bridgehead atoms. The summed E-state index contributed by atoms with van der Waals surface area (Å²) in [5, 5.41) is 8.18. The average molecular weight is 324 g/mol. The third-order valence-corrected chi connectivity index (χ3v) is 3.78. The first-order valence-electron chi connectivity index (χ1n) is 7.95. The summed E-state index contributed by atoms with van der Waals surface area (Å²) < 4.78 is 7.19. The fourth-order valence-electron chi connectivity index (χ4n) is 2.47. The normalized spacial score (nSPS) is 10.7. The molecule has 0 atom stereocenters. The summed E-state index contributed by atoms with van der Waals surface area (Å²) in [5.74, 6) is 0.802. The van der Waals surface area contributed by atoms with Crippen molar-refractivity contribution in [1.82, 2.24) is 19.8 Å². The van der Waals surface area contributed by atoms with Crippen LogP contribution in [0.1, 0.15) is 18.5 Å². The summed E-state index contributed by atoms with van der Waals surface area (Å²) in [5.41, 5.74) is 1.72. The van der Waals surface area contributed by atoms with Crippen LogP contribution < -0.4 is 0 Å². The second-order valence-corrected chi connectivity index (χ2v) is 5.67. The van der Waals surface area contributed by atoms with E-state index in [-0.39, 0.29) is 5.91 Å². The van der Waals surface area contributed by atoms with E-state index in [1.165, 1.54) is 0 Å². The molecule has 124 valence electrons. The predicted octanol–water partition coefficient (Wildman–Crippen LogP) is 2.98. The molecule has 6 nitrogen and oxygen atoms in total. The first-order chi connectivity index (χ1) is 11.7. The van der Waals surface area contributed by atoms with E-state index in [1.807, 2.05) is 53.3 Å². The number of hydrogen-bond donors (Lipinski definition) is 0. The zero-order chi connectivity index (χ0) is 16.8. The van der Waals surface area contributed by atoms with E-state index in [4.69, 9.17) is 4.52 Å². The molecule has 3 rings (SSSR count). The second kappa shape index (κ2) is 7.59. The van der Waals surface area contributed by atoms with Crippen molar-refractivity contribution in [3.8, 4) is 11.3 Å². The van der Waals surface area contributed by atoms with E-state index >= 15 is 0 Å². The van der Waals surface area contributed by atoms with Crippen molar-refractivity contribution in [2.24, 2.45) is 0 Å². The van der Waals surface area contributed by atoms with Crippen LogP contribution in [0.25, 0.3) is 11.3 Å². The Kier molecular flexibility index (Phi) is 5.05. The Hall–Kier alpha value is -2.89. The Bertz CT molecular complexity index is 765. The number of hydrogen-bond acceptors (Lipinski definition) is 4. The minimum atomic E-state index is 0.0893. The van der Waals surface area contributed by atoms with Gasteiger partial charge in [-0.1, -0.05) is 35.5 Å². The van der Waals surface area contributed by atoms with Gasteiger partial charge in [-0.2, -0.15) is 5.10 Å². The Labute approximate surface area is 140 Å². The van der Waals surface area contributed by atoms with Gasteiger partial charge in [0.25, 0.3) is 0 Å². The fourth-order valence-corrected chi connectivity index (χ4v) is 2.47. The maximum atomic E-state index is 12.2. The molecule has 0 unspecified atom stereocenters. The fraction of sp³-hybridized carbons (Fsp3) is 0.278. The van der Waals surface area contributed by atoms with Crippen LogP contribution in [0.5, 0.6) is 0 Å². The first kappa shape index (κ1) is 16.0. The van der Waals surface area contributed by atoms with Crippen LogP contribution >= 0.6 is 0 Å². The topological polar surface area (TPSA) is 64.2 Å². The molecule has 0 saturated heterocycles. The van der Waals surface area contributed by atoms with Crippen LogP contribution in [-0.2, 0) is 17.9 Å². The van der Waals surface area contributed by atoms with Crippen LogP contribution in [0, 0.1) is 0 Å². The highest BCUT2D eigenvalue weighted by Crippen LogP contribution is 2.20. The molecule has 0 saturated carbocycles. The Balaban J connectivity index is 1.50. The van der Waals surface area contributed by atoms with Crippen molar-refractivity contribution in [3.63, 3.8) is 0 Å². The first-order valence-corrected chi connectivity index (χ1v) is 7.95. The highest BCUT2D eigenvalue weighted by molar-refractivity contribution is 5.75. The van der Waals surface area contributed by atoms with Crippen molar-refractivity contribution in [1.29, 1.82) is 0 Å². The molecule has 0 spiro atoms. The highest BCUT2D eigenvalue weighted by atomic mass is 16.5. The van der Waals surface area contributed by atoms with Gasteiger partial charge in [0.1, 0.15) is 5.69 Å². The summed E-state index contributed by atoms with van der Waals surface area (Å²) in [7, 11) is 1.78. The number of aromatic nitrogens is 3. The molecule has 6 heteroatoms. The molecule has 1 aromatic carbocycles. The van der Waals surface area contributed by atoms with Gasteiger partial charge in [-0.3, -0.25) is 9.48 Å². The molecular formula is C18H20N4O2. The van der Waals surface area contributed by atoms with Gasteiger partial charge in [0.2, 0.25) is 5.91 Å². The quantitative estimate of drug-likeness (QED) is 0.670. The van der Waals surface area contributed by atoms with Crippen molar-refractivity contribution >= 4 is 5.91 Å². The van der Waals surface area contributed by atoms with Crippen LogP contribution in [0.3, 0.4) is 0 Å². The summed E-state index contributed by atoms with van der Waals surface area (Å²) >= 11 is 0. The molecule has 0 aliphatic rings. The zero-order valence-electron chi connectivity index (χ0n) is 13.6. The van der Waals surface area contributed by atoms with Crippen LogP contribution in [0.4, 0.5) is 0 Å². The molecule has 2 aromatic heterocycles. The minimum absolute atomic E-state index is 0.0893. The summed E-state index contributed by atoms with van der Waals surface area (Å²) in [6, 6.07) is 13.5. The van der Waals surface area contributed by atoms with Gasteiger partial charge in [0, 0.05) is 44.0 Å². The van der Waals surface area contributed by atoms with E-state index < -0.39 is 0 Å². The summed E-state index contributed by atoms with van der Waals surface area (Å²) in [4.78, 5) is 13.9. The number of nitrogens with zero attached hydrogens (tertiary/aromatic N) is 4. The largest absolute Gasteiger partial charge is 0.356 e. The van der Waals surface area contributed by atoms with Crippen molar-refractivity contribution in [2.75, 3.05) is 7.05 Å². The van der Waals surface area contributed by atoms with Gasteiger partial charge in [-0.05, 0) is 12.5 Å². The van der Waals surface area contributed by atoms with Gasteiger partial charge in [0.15, 0.2) is 5.76 Å². The predicted molar refractivity (Wildman–Crippen MR) is 89.9 cm³/mol. The van der Waals surface area contributed by atoms with E-state index in [1.54, 1.807) is 18.1 Å². The monoisotopic (exact) mass is 324 g/mol. The summed E-state index contributed by atoms with van der Waals surface area (Å²) in [6.45, 7) is 1.19. The highest BCUT2D eigenvalue weighted by Gasteiger charge is 2.13. The van der Waals surface area contributed by atoms with Crippen molar-refractivity contribution in [3.05, 3.63) is 60.6 Å². The van der Waals surface area contributed by atoms with E-state index in [0.29, 0.717) is 18.7 Å². The van der Waals surface area contributed by atoms with Crippen molar-refractivity contribution in [2.45, 2.75) is 25.9 Å². The van der Waals surface area contributed by atoms with Gasteiger partial charge >= 0.3 is 0 Å². The molecule has 3 aromatic rings. The number of aryl methyl sites for hydroxylation is 1. The maximum absolute atomic E-state index is 12.2. The van der Waals surface area contributed by atoms with E-state index in [9.17, 15) is 4.79 Å². The Morgan fingerprint density at radius 1 is 1.25 bits per heavy atom. The van der Waals surface area contributed by atoms with Gasteiger partial charge in [-0.25, -0.2) is 0 Å². The average Bonchev–Trinajstić information content (AvgIpc) is 3.27. The molecule has 1 amide bonds. The molecule has 0 radical (unpaired) electrons. The third kappa shape index (κ3) is 4.10. The van der Waals surface area contributed by atoms with E-state index in [0.717, 1.165) is 24.2 Å². The number of benzene rings is 1. The lowest BCUT2D eigenvalue weighted by atomic mass is 10.1. The lowest BCUT2D eigenvalue weighted by Crippen LogP contribution is -2.26. The molecular weight excluding hydrogens is 304 g/mol. The minimum Gasteiger partial charge on any atom is -0.356 e. The van der Waals surface area contributed by atoms with Crippen LogP contribution in [0.15, 0.2) is 59.4 Å². The molecule has 0 aliphatic heterocycles. The lowest BCUT2D eigenvalue weighted by Gasteiger charge is -2.15. The molecule has 0 N–H and O–H groups in total. The maximum Gasteiger partial charge on any atom is 0.222 e. The van der Waals surface area contributed by atoms with Gasteiger partial charge < -0.3 is 9.42 Å². The van der Waals surface area contributed by atoms with Gasteiger partial charge in [0.05, 0.1) is 6.54 Å². The SMILES string of the molecule is CN(Cc1cc(-c2ccccc2)on1)C(=O)CCCn1cccn1. The number of rotatable bonds is 7. The lowest BCUT2D eigenvalue weighted by molar-refractivity contribution is -0.130. The zero-order valence-corrected chi connectivity index (χ0v) is 13.6. The molecule has 0 aliphatic carbocycles. The smallest absolute Gasteiger partial charge is 0.222 e. The Morgan fingerprint density at radius 3 is 2.83 bits per heavy atom. The standard InChI is InChI=1S/C18H20N4O2/c1-21(18(23)9-5-11-22-12-6-10-19-22)14-16-13-17(24-20-16)15-7-3-2-4-8-15/h2-4,6-8,10,12-13H,5,9,11,14H2,1H3. The number of carbonyl (C=O) groups excluding carboxylic acids is 1. The third-order valence-electron chi connectivity index (χ3n) is 3.78. The second-order valence-electron chi connectivity index (χ2n) is 5.67. The number of amides is 1. The Morgan fingerprint density at radius 2 is 2.08 bits per heavy atom. The molecule has 0 fully saturated rings. The van der Waals surface area contributed by atoms with Gasteiger partial charge in [-0.15, -0.1) is 0 Å².